The molecule has 0 amide bonds. The highest BCUT2D eigenvalue weighted by Gasteiger charge is 2.11. The standard InChI is InChI=1S/C14H14ClNO2S/c1-19(17,18)13-8-4-11(5-9-13)14(16)10-2-6-12(15)7-3-10/h2-9,14H,16H2,1H3. The number of sulfone groups is 1. The lowest BCUT2D eigenvalue weighted by molar-refractivity contribution is 0.602. The summed E-state index contributed by atoms with van der Waals surface area (Å²) in [7, 11) is -3.17. The monoisotopic (exact) mass is 295 g/mol. The molecule has 0 saturated carbocycles. The van der Waals surface area contributed by atoms with E-state index in [1.54, 1.807) is 36.4 Å². The number of hydrogen-bond donors (Lipinski definition) is 1. The van der Waals surface area contributed by atoms with Gasteiger partial charge in [0.25, 0.3) is 0 Å². The first-order chi connectivity index (χ1) is 8.88. The number of nitrogens with two attached hydrogens (primary N) is 1. The van der Waals surface area contributed by atoms with Crippen LogP contribution < -0.4 is 5.73 Å². The summed E-state index contributed by atoms with van der Waals surface area (Å²) in [4.78, 5) is 0.291. The lowest BCUT2D eigenvalue weighted by atomic mass is 10.00. The summed E-state index contributed by atoms with van der Waals surface area (Å²) < 4.78 is 22.8. The summed E-state index contributed by atoms with van der Waals surface area (Å²) in [5.41, 5.74) is 7.92. The molecule has 0 aliphatic heterocycles. The van der Waals surface area contributed by atoms with Crippen LogP contribution in [0.4, 0.5) is 0 Å². The largest absolute Gasteiger partial charge is 0.320 e. The van der Waals surface area contributed by atoms with E-state index < -0.39 is 9.84 Å². The molecule has 0 aliphatic carbocycles. The fourth-order valence-corrected chi connectivity index (χ4v) is 2.54. The van der Waals surface area contributed by atoms with Crippen molar-refractivity contribution in [3.05, 3.63) is 64.7 Å². The van der Waals surface area contributed by atoms with Gasteiger partial charge in [-0.3, -0.25) is 0 Å². The van der Waals surface area contributed by atoms with Gasteiger partial charge in [-0.15, -0.1) is 0 Å². The first-order valence-electron chi connectivity index (χ1n) is 5.69. The van der Waals surface area contributed by atoms with Crippen molar-refractivity contribution in [3.8, 4) is 0 Å². The van der Waals surface area contributed by atoms with Crippen LogP contribution in [0.3, 0.4) is 0 Å². The summed E-state index contributed by atoms with van der Waals surface area (Å²) in [6.45, 7) is 0. The third kappa shape index (κ3) is 3.35. The Balaban J connectivity index is 2.30. The third-order valence-electron chi connectivity index (χ3n) is 2.90. The van der Waals surface area contributed by atoms with Crippen LogP contribution in [0.15, 0.2) is 53.4 Å². The van der Waals surface area contributed by atoms with Crippen molar-refractivity contribution in [1.29, 1.82) is 0 Å². The van der Waals surface area contributed by atoms with E-state index in [2.05, 4.69) is 0 Å². The Morgan fingerprint density at radius 3 is 1.79 bits per heavy atom. The molecular formula is C14H14ClNO2S. The molecule has 1 atom stereocenters. The van der Waals surface area contributed by atoms with Crippen LogP contribution in [0.2, 0.25) is 5.02 Å². The first-order valence-corrected chi connectivity index (χ1v) is 7.96. The van der Waals surface area contributed by atoms with Crippen molar-refractivity contribution in [1.82, 2.24) is 0 Å². The maximum atomic E-state index is 11.4. The fourth-order valence-electron chi connectivity index (χ4n) is 1.78. The Labute approximate surface area is 117 Å². The zero-order valence-electron chi connectivity index (χ0n) is 10.4. The number of halogens is 1. The molecule has 0 saturated heterocycles. The highest BCUT2D eigenvalue weighted by atomic mass is 35.5. The second-order valence-corrected chi connectivity index (χ2v) is 6.82. The molecule has 0 aliphatic rings. The Kier molecular flexibility index (Phi) is 3.94. The molecule has 0 heterocycles. The average Bonchev–Trinajstić information content (AvgIpc) is 2.38. The van der Waals surface area contributed by atoms with E-state index in [1.807, 2.05) is 12.1 Å². The van der Waals surface area contributed by atoms with E-state index in [1.165, 1.54) is 6.26 Å². The molecule has 19 heavy (non-hydrogen) atoms. The van der Waals surface area contributed by atoms with Gasteiger partial charge in [-0.1, -0.05) is 35.9 Å². The van der Waals surface area contributed by atoms with Crippen LogP contribution in [-0.2, 0) is 9.84 Å². The van der Waals surface area contributed by atoms with Crippen LogP contribution in [0, 0.1) is 0 Å². The highest BCUT2D eigenvalue weighted by molar-refractivity contribution is 7.90. The van der Waals surface area contributed by atoms with Crippen molar-refractivity contribution in [2.75, 3.05) is 6.26 Å². The lowest BCUT2D eigenvalue weighted by Gasteiger charge is -2.13. The summed E-state index contributed by atoms with van der Waals surface area (Å²) in [5, 5.41) is 0.656. The van der Waals surface area contributed by atoms with Crippen molar-refractivity contribution < 1.29 is 8.42 Å². The molecular weight excluding hydrogens is 282 g/mol. The van der Waals surface area contributed by atoms with Gasteiger partial charge in [-0.2, -0.15) is 0 Å². The molecule has 100 valence electrons. The molecule has 0 spiro atoms. The van der Waals surface area contributed by atoms with Gasteiger partial charge in [0.1, 0.15) is 0 Å². The SMILES string of the molecule is CS(=O)(=O)c1ccc(C(N)c2ccc(Cl)cc2)cc1. The summed E-state index contributed by atoms with van der Waals surface area (Å²) in [6, 6.07) is 13.6. The third-order valence-corrected chi connectivity index (χ3v) is 4.28. The van der Waals surface area contributed by atoms with Crippen molar-refractivity contribution in [2.24, 2.45) is 5.73 Å². The molecule has 0 bridgehead atoms. The first kappa shape index (κ1) is 14.1. The lowest BCUT2D eigenvalue weighted by Crippen LogP contribution is -2.11. The van der Waals surface area contributed by atoms with E-state index >= 15 is 0 Å². The van der Waals surface area contributed by atoms with Gasteiger partial charge in [0.15, 0.2) is 9.84 Å². The molecule has 1 unspecified atom stereocenters. The van der Waals surface area contributed by atoms with Crippen LogP contribution in [0.25, 0.3) is 0 Å². The van der Waals surface area contributed by atoms with Crippen molar-refractivity contribution in [3.63, 3.8) is 0 Å². The molecule has 2 aromatic carbocycles. The Morgan fingerprint density at radius 2 is 1.37 bits per heavy atom. The molecule has 2 rings (SSSR count). The minimum Gasteiger partial charge on any atom is -0.320 e. The second-order valence-electron chi connectivity index (χ2n) is 4.37. The number of hydrogen-bond acceptors (Lipinski definition) is 3. The molecule has 2 N–H and O–H groups in total. The minimum atomic E-state index is -3.17. The Hall–Kier alpha value is -1.36. The van der Waals surface area contributed by atoms with Crippen LogP contribution in [-0.4, -0.2) is 14.7 Å². The van der Waals surface area contributed by atoms with Gasteiger partial charge in [-0.05, 0) is 35.4 Å². The van der Waals surface area contributed by atoms with E-state index in [-0.39, 0.29) is 6.04 Å². The Morgan fingerprint density at radius 1 is 0.947 bits per heavy atom. The van der Waals surface area contributed by atoms with Gasteiger partial charge >= 0.3 is 0 Å². The summed E-state index contributed by atoms with van der Waals surface area (Å²) >= 11 is 5.83. The summed E-state index contributed by atoms with van der Waals surface area (Å²) in [6.07, 6.45) is 1.18. The number of benzene rings is 2. The van der Waals surface area contributed by atoms with E-state index in [0.717, 1.165) is 11.1 Å². The zero-order chi connectivity index (χ0) is 14.0. The van der Waals surface area contributed by atoms with Crippen LogP contribution in [0.5, 0.6) is 0 Å². The van der Waals surface area contributed by atoms with Crippen LogP contribution >= 0.6 is 11.6 Å². The molecule has 0 aromatic heterocycles. The topological polar surface area (TPSA) is 60.2 Å². The summed E-state index contributed by atoms with van der Waals surface area (Å²) in [5.74, 6) is 0. The van der Waals surface area contributed by atoms with Gasteiger partial charge in [0.05, 0.1) is 10.9 Å². The maximum absolute atomic E-state index is 11.4. The minimum absolute atomic E-state index is 0.291. The van der Waals surface area contributed by atoms with E-state index in [0.29, 0.717) is 9.92 Å². The molecule has 3 nitrogen and oxygen atoms in total. The molecule has 5 heteroatoms. The smallest absolute Gasteiger partial charge is 0.175 e. The van der Waals surface area contributed by atoms with E-state index in [4.69, 9.17) is 17.3 Å². The van der Waals surface area contributed by atoms with Crippen molar-refractivity contribution in [2.45, 2.75) is 10.9 Å². The van der Waals surface area contributed by atoms with E-state index in [9.17, 15) is 8.42 Å². The zero-order valence-corrected chi connectivity index (χ0v) is 11.9. The van der Waals surface area contributed by atoms with Gasteiger partial charge < -0.3 is 5.73 Å². The Bertz CT molecular complexity index is 664. The fraction of sp³-hybridized carbons (Fsp3) is 0.143. The predicted molar refractivity (Wildman–Crippen MR) is 77.0 cm³/mol. The quantitative estimate of drug-likeness (QED) is 0.947. The average molecular weight is 296 g/mol. The number of rotatable bonds is 3. The predicted octanol–water partition coefficient (Wildman–Crippen LogP) is 2.79. The molecule has 2 aromatic rings. The molecule has 0 radical (unpaired) electrons. The highest BCUT2D eigenvalue weighted by Crippen LogP contribution is 2.22. The van der Waals surface area contributed by atoms with Crippen molar-refractivity contribution >= 4 is 21.4 Å². The maximum Gasteiger partial charge on any atom is 0.175 e. The molecule has 0 fully saturated rings. The second kappa shape index (κ2) is 5.33. The van der Waals surface area contributed by atoms with Gasteiger partial charge in [0, 0.05) is 11.3 Å². The van der Waals surface area contributed by atoms with Gasteiger partial charge in [-0.25, -0.2) is 8.42 Å². The normalized spacial score (nSPS) is 13.2. The van der Waals surface area contributed by atoms with Crippen LogP contribution in [0.1, 0.15) is 17.2 Å². The van der Waals surface area contributed by atoms with Gasteiger partial charge in [0.2, 0.25) is 0 Å².